The highest BCUT2D eigenvalue weighted by molar-refractivity contribution is 14.0. The van der Waals surface area contributed by atoms with Crippen molar-refractivity contribution >= 4 is 41.7 Å². The minimum atomic E-state index is 0. The van der Waals surface area contributed by atoms with Crippen molar-refractivity contribution in [2.45, 2.75) is 37.9 Å². The van der Waals surface area contributed by atoms with Gasteiger partial charge < -0.3 is 11.1 Å². The highest BCUT2D eigenvalue weighted by atomic mass is 127. The van der Waals surface area contributed by atoms with Crippen LogP contribution in [0.15, 0.2) is 4.99 Å². The summed E-state index contributed by atoms with van der Waals surface area (Å²) in [6.07, 6.45) is 6.17. The summed E-state index contributed by atoms with van der Waals surface area (Å²) in [7, 11) is 0. The lowest BCUT2D eigenvalue weighted by Crippen LogP contribution is -2.38. The van der Waals surface area contributed by atoms with E-state index in [1.165, 1.54) is 19.3 Å². The Kier molecular flexibility index (Phi) is 7.80. The number of rotatable bonds is 5. The molecule has 0 saturated heterocycles. The van der Waals surface area contributed by atoms with Gasteiger partial charge in [-0.25, -0.2) is 0 Å². The fourth-order valence-electron chi connectivity index (χ4n) is 1.34. The summed E-state index contributed by atoms with van der Waals surface area (Å²) >= 11 is 1.82. The molecule has 0 amide bonds. The first-order valence-corrected chi connectivity index (χ1v) is 6.85. The maximum Gasteiger partial charge on any atom is 0.188 e. The minimum absolute atomic E-state index is 0. The van der Waals surface area contributed by atoms with Gasteiger partial charge in [0.05, 0.1) is 6.54 Å². The molecule has 0 aromatic carbocycles. The average Bonchev–Trinajstić information content (AvgIpc) is 2.13. The van der Waals surface area contributed by atoms with Gasteiger partial charge in [0.25, 0.3) is 0 Å². The number of nitrogens with zero attached hydrogens (tertiary/aromatic N) is 1. The normalized spacial score (nSPS) is 17.6. The Morgan fingerprint density at radius 2 is 2.12 bits per heavy atom. The molecule has 0 atom stereocenters. The molecule has 5 heteroatoms. The molecule has 3 nitrogen and oxygen atoms in total. The highest BCUT2D eigenvalue weighted by Gasteiger charge is 2.17. The summed E-state index contributed by atoms with van der Waals surface area (Å²) < 4.78 is 0.183. The van der Waals surface area contributed by atoms with Gasteiger partial charge in [-0.15, -0.1) is 24.0 Å². The Morgan fingerprint density at radius 3 is 2.56 bits per heavy atom. The molecule has 3 N–H and O–H groups in total. The van der Waals surface area contributed by atoms with E-state index in [1.54, 1.807) is 0 Å². The van der Waals surface area contributed by atoms with Crippen LogP contribution in [0.5, 0.6) is 0 Å². The Hall–Kier alpha value is 0.350. The van der Waals surface area contributed by atoms with Crippen LogP contribution in [0.1, 0.15) is 33.1 Å². The number of guanidine groups is 1. The zero-order chi connectivity index (χ0) is 11.3. The van der Waals surface area contributed by atoms with Gasteiger partial charge in [0.2, 0.25) is 0 Å². The summed E-state index contributed by atoms with van der Waals surface area (Å²) in [5, 5.41) is 3.20. The maximum atomic E-state index is 5.79. The van der Waals surface area contributed by atoms with E-state index in [9.17, 15) is 0 Å². The fourth-order valence-corrected chi connectivity index (χ4v) is 1.54. The van der Waals surface area contributed by atoms with Gasteiger partial charge in [0, 0.05) is 11.3 Å². The van der Waals surface area contributed by atoms with Gasteiger partial charge in [-0.3, -0.25) is 4.99 Å². The summed E-state index contributed by atoms with van der Waals surface area (Å²) in [5.74, 6) is 1.43. The Labute approximate surface area is 120 Å². The Morgan fingerprint density at radius 1 is 1.50 bits per heavy atom. The van der Waals surface area contributed by atoms with Crippen molar-refractivity contribution in [1.82, 2.24) is 5.32 Å². The molecule has 1 aliphatic rings. The topological polar surface area (TPSA) is 50.4 Å². The zero-order valence-electron chi connectivity index (χ0n) is 10.5. The van der Waals surface area contributed by atoms with Crippen LogP contribution in [0, 0.1) is 5.92 Å². The summed E-state index contributed by atoms with van der Waals surface area (Å²) in [5.41, 5.74) is 5.79. The molecule has 96 valence electrons. The first-order valence-electron chi connectivity index (χ1n) is 5.62. The van der Waals surface area contributed by atoms with Crippen molar-refractivity contribution in [1.29, 1.82) is 0 Å². The molecular weight excluding hydrogens is 333 g/mol. The molecule has 0 radical (unpaired) electrons. The van der Waals surface area contributed by atoms with Crippen molar-refractivity contribution < 1.29 is 0 Å². The molecule has 1 aliphatic carbocycles. The Balaban J connectivity index is 0.00000225. The van der Waals surface area contributed by atoms with Crippen LogP contribution < -0.4 is 11.1 Å². The second-order valence-electron chi connectivity index (χ2n) is 4.84. The van der Waals surface area contributed by atoms with Crippen LogP contribution in [0.2, 0.25) is 0 Å². The molecule has 0 bridgehead atoms. The second kappa shape index (κ2) is 7.63. The first kappa shape index (κ1) is 16.4. The third kappa shape index (κ3) is 6.18. The van der Waals surface area contributed by atoms with Crippen molar-refractivity contribution in [3.63, 3.8) is 0 Å². The van der Waals surface area contributed by atoms with Crippen molar-refractivity contribution in [2.24, 2.45) is 16.6 Å². The van der Waals surface area contributed by atoms with Crippen LogP contribution in [-0.2, 0) is 0 Å². The smallest absolute Gasteiger partial charge is 0.188 e. The van der Waals surface area contributed by atoms with Gasteiger partial charge in [-0.2, -0.15) is 11.8 Å². The molecule has 1 saturated carbocycles. The van der Waals surface area contributed by atoms with Crippen molar-refractivity contribution in [3.05, 3.63) is 0 Å². The minimum Gasteiger partial charge on any atom is -0.370 e. The van der Waals surface area contributed by atoms with E-state index in [2.05, 4.69) is 30.4 Å². The number of nitrogens with two attached hydrogens (primary N) is 1. The molecule has 0 spiro atoms. The van der Waals surface area contributed by atoms with E-state index in [1.807, 2.05) is 11.8 Å². The lowest BCUT2D eigenvalue weighted by molar-refractivity contribution is 0.315. The SMILES string of the molecule is CSC(C)(C)CN=C(N)NCC1CCC1.I. The monoisotopic (exact) mass is 357 g/mol. The zero-order valence-corrected chi connectivity index (χ0v) is 13.6. The summed E-state index contributed by atoms with van der Waals surface area (Å²) in [6, 6.07) is 0. The quantitative estimate of drug-likeness (QED) is 0.452. The van der Waals surface area contributed by atoms with Gasteiger partial charge in [-0.05, 0) is 38.9 Å². The van der Waals surface area contributed by atoms with Gasteiger partial charge in [-0.1, -0.05) is 6.42 Å². The molecule has 1 rings (SSSR count). The molecule has 1 fully saturated rings. The molecule has 0 aromatic heterocycles. The van der Waals surface area contributed by atoms with Crippen LogP contribution in [0.4, 0.5) is 0 Å². The van der Waals surface area contributed by atoms with Crippen molar-refractivity contribution in [2.75, 3.05) is 19.3 Å². The number of halogens is 1. The molecule has 0 heterocycles. The lowest BCUT2D eigenvalue weighted by atomic mass is 9.85. The number of nitrogens with one attached hydrogen (secondary N) is 1. The lowest BCUT2D eigenvalue weighted by Gasteiger charge is -2.25. The third-order valence-corrected chi connectivity index (χ3v) is 4.21. The molecule has 0 aromatic rings. The van der Waals surface area contributed by atoms with Gasteiger partial charge in [0.1, 0.15) is 0 Å². The molecule has 0 unspecified atom stereocenters. The largest absolute Gasteiger partial charge is 0.370 e. The Bertz CT molecular complexity index is 227. The molecule has 16 heavy (non-hydrogen) atoms. The van der Waals surface area contributed by atoms with E-state index >= 15 is 0 Å². The molecular formula is C11H24IN3S. The number of thioether (sulfide) groups is 1. The van der Waals surface area contributed by atoms with E-state index < -0.39 is 0 Å². The number of hydrogen-bond donors (Lipinski definition) is 2. The standard InChI is InChI=1S/C11H23N3S.HI/c1-11(2,15-3)8-14-10(12)13-7-9-5-4-6-9;/h9H,4-8H2,1-3H3,(H3,12,13,14);1H. The third-order valence-electron chi connectivity index (χ3n) is 2.98. The van der Waals surface area contributed by atoms with Crippen molar-refractivity contribution in [3.8, 4) is 0 Å². The van der Waals surface area contributed by atoms with E-state index in [-0.39, 0.29) is 28.7 Å². The van der Waals surface area contributed by atoms with Crippen LogP contribution in [0.25, 0.3) is 0 Å². The van der Waals surface area contributed by atoms with E-state index in [4.69, 9.17) is 5.73 Å². The average molecular weight is 357 g/mol. The highest BCUT2D eigenvalue weighted by Crippen LogP contribution is 2.25. The van der Waals surface area contributed by atoms with Crippen LogP contribution >= 0.6 is 35.7 Å². The summed E-state index contributed by atoms with van der Waals surface area (Å²) in [6.45, 7) is 6.13. The molecule has 0 aliphatic heterocycles. The first-order chi connectivity index (χ1) is 7.03. The predicted molar refractivity (Wildman–Crippen MR) is 84.8 cm³/mol. The van der Waals surface area contributed by atoms with Gasteiger partial charge >= 0.3 is 0 Å². The van der Waals surface area contributed by atoms with Crippen LogP contribution in [0.3, 0.4) is 0 Å². The predicted octanol–water partition coefficient (Wildman–Crippen LogP) is 2.45. The fraction of sp³-hybridized carbons (Fsp3) is 0.909. The van der Waals surface area contributed by atoms with E-state index in [0.717, 1.165) is 19.0 Å². The van der Waals surface area contributed by atoms with Crippen LogP contribution in [-0.4, -0.2) is 30.1 Å². The number of hydrogen-bond acceptors (Lipinski definition) is 2. The summed E-state index contributed by atoms with van der Waals surface area (Å²) in [4.78, 5) is 4.36. The van der Waals surface area contributed by atoms with E-state index in [0.29, 0.717) is 5.96 Å². The van der Waals surface area contributed by atoms with Gasteiger partial charge in [0.15, 0.2) is 5.96 Å². The number of aliphatic imine (C=N–C) groups is 1. The second-order valence-corrected chi connectivity index (χ2v) is 6.36. The maximum absolute atomic E-state index is 5.79.